The van der Waals surface area contributed by atoms with E-state index in [0.29, 0.717) is 21.4 Å². The molecule has 0 saturated carbocycles. The zero-order valence-corrected chi connectivity index (χ0v) is 15.3. The highest BCUT2D eigenvalue weighted by Gasteiger charge is 2.38. The highest BCUT2D eigenvalue weighted by molar-refractivity contribution is 8.26. The fourth-order valence-electron chi connectivity index (χ4n) is 2.25. The SMILES string of the molecule is CC(C(=O)O)N1C(=O)/C(=C\c2ccc(-c3ccc(Cl)cc3)o2)SC1=S. The van der Waals surface area contributed by atoms with Crippen LogP contribution >= 0.6 is 35.6 Å². The number of nitrogens with zero attached hydrogens (tertiary/aromatic N) is 1. The predicted molar refractivity (Wildman–Crippen MR) is 101 cm³/mol. The van der Waals surface area contributed by atoms with Gasteiger partial charge in [0, 0.05) is 16.7 Å². The van der Waals surface area contributed by atoms with Crippen LogP contribution in [0.5, 0.6) is 0 Å². The number of carbonyl (C=O) groups excluding carboxylic acids is 1. The van der Waals surface area contributed by atoms with Gasteiger partial charge >= 0.3 is 5.97 Å². The van der Waals surface area contributed by atoms with Gasteiger partial charge in [-0.15, -0.1) is 0 Å². The van der Waals surface area contributed by atoms with Crippen LogP contribution in [-0.2, 0) is 9.59 Å². The lowest BCUT2D eigenvalue weighted by Gasteiger charge is -2.18. The van der Waals surface area contributed by atoms with Crippen LogP contribution in [0.25, 0.3) is 17.4 Å². The molecule has 8 heteroatoms. The quantitative estimate of drug-likeness (QED) is 0.617. The molecular weight excluding hydrogens is 382 g/mol. The molecule has 1 amide bonds. The van der Waals surface area contributed by atoms with Crippen LogP contribution in [0.4, 0.5) is 0 Å². The Kier molecular flexibility index (Phi) is 4.99. The average Bonchev–Trinajstić information content (AvgIpc) is 3.13. The molecule has 128 valence electrons. The Morgan fingerprint density at radius 3 is 2.64 bits per heavy atom. The first kappa shape index (κ1) is 17.7. The van der Waals surface area contributed by atoms with E-state index in [1.165, 1.54) is 6.92 Å². The Morgan fingerprint density at radius 2 is 2.00 bits per heavy atom. The van der Waals surface area contributed by atoms with Gasteiger partial charge in [0.25, 0.3) is 5.91 Å². The highest BCUT2D eigenvalue weighted by atomic mass is 35.5. The maximum Gasteiger partial charge on any atom is 0.326 e. The molecule has 2 aromatic rings. The van der Waals surface area contributed by atoms with Gasteiger partial charge in [0.05, 0.1) is 4.91 Å². The Labute approximate surface area is 158 Å². The van der Waals surface area contributed by atoms with E-state index < -0.39 is 17.9 Å². The minimum Gasteiger partial charge on any atom is -0.480 e. The summed E-state index contributed by atoms with van der Waals surface area (Å²) >= 11 is 12.0. The smallest absolute Gasteiger partial charge is 0.326 e. The van der Waals surface area contributed by atoms with Crippen molar-refractivity contribution in [3.05, 3.63) is 52.1 Å². The Morgan fingerprint density at radius 1 is 1.32 bits per heavy atom. The monoisotopic (exact) mass is 393 g/mol. The van der Waals surface area contributed by atoms with Crippen LogP contribution in [-0.4, -0.2) is 32.2 Å². The fourth-order valence-corrected chi connectivity index (χ4v) is 3.78. The minimum atomic E-state index is -1.11. The van der Waals surface area contributed by atoms with Gasteiger partial charge in [0.2, 0.25) is 0 Å². The largest absolute Gasteiger partial charge is 0.480 e. The average molecular weight is 394 g/mol. The standard InChI is InChI=1S/C17H12ClNO4S2/c1-9(16(21)22)19-15(20)14(25-17(19)24)8-12-6-7-13(23-12)10-2-4-11(18)5-3-10/h2-9H,1H3,(H,21,22)/b14-8+. The van der Waals surface area contributed by atoms with Gasteiger partial charge in [-0.1, -0.05) is 35.6 Å². The number of aliphatic carboxylic acids is 1. The summed E-state index contributed by atoms with van der Waals surface area (Å²) in [6, 6.07) is 9.69. The normalized spacial score (nSPS) is 17.4. The molecule has 0 spiro atoms. The van der Waals surface area contributed by atoms with E-state index in [1.54, 1.807) is 30.3 Å². The molecule has 2 heterocycles. The maximum atomic E-state index is 12.4. The molecule has 5 nitrogen and oxygen atoms in total. The number of furan rings is 1. The van der Waals surface area contributed by atoms with Gasteiger partial charge in [-0.2, -0.15) is 0 Å². The maximum absolute atomic E-state index is 12.4. The molecule has 1 aromatic heterocycles. The van der Waals surface area contributed by atoms with Crippen molar-refractivity contribution >= 4 is 57.9 Å². The van der Waals surface area contributed by atoms with E-state index in [1.807, 2.05) is 12.1 Å². The number of hydrogen-bond donors (Lipinski definition) is 1. The van der Waals surface area contributed by atoms with E-state index in [2.05, 4.69) is 0 Å². The molecule has 1 aliphatic rings. The summed E-state index contributed by atoms with van der Waals surface area (Å²) < 4.78 is 5.95. The lowest BCUT2D eigenvalue weighted by molar-refractivity contribution is -0.144. The molecule has 0 radical (unpaired) electrons. The van der Waals surface area contributed by atoms with Crippen molar-refractivity contribution < 1.29 is 19.1 Å². The van der Waals surface area contributed by atoms with Crippen LogP contribution < -0.4 is 0 Å². The molecule has 25 heavy (non-hydrogen) atoms. The zero-order valence-electron chi connectivity index (χ0n) is 12.9. The van der Waals surface area contributed by atoms with Crippen LogP contribution in [0.1, 0.15) is 12.7 Å². The third-order valence-corrected chi connectivity index (χ3v) is 5.18. The molecule has 0 bridgehead atoms. The van der Waals surface area contributed by atoms with Gasteiger partial charge in [-0.25, -0.2) is 4.79 Å². The number of carbonyl (C=O) groups is 2. The lowest BCUT2D eigenvalue weighted by atomic mass is 10.2. The molecule has 1 unspecified atom stereocenters. The fraction of sp³-hybridized carbons (Fsp3) is 0.118. The predicted octanol–water partition coefficient (Wildman–Crippen LogP) is 4.27. The number of halogens is 1. The molecular formula is C17H12ClNO4S2. The van der Waals surface area contributed by atoms with Gasteiger partial charge < -0.3 is 9.52 Å². The molecule has 1 aliphatic heterocycles. The van der Waals surface area contributed by atoms with Crippen molar-refractivity contribution in [2.75, 3.05) is 0 Å². The molecule has 1 atom stereocenters. The first-order valence-corrected chi connectivity index (χ1v) is 8.83. The summed E-state index contributed by atoms with van der Waals surface area (Å²) in [5, 5.41) is 9.72. The van der Waals surface area contributed by atoms with E-state index >= 15 is 0 Å². The van der Waals surface area contributed by atoms with Gasteiger partial charge in [0.15, 0.2) is 0 Å². The number of benzene rings is 1. The van der Waals surface area contributed by atoms with Crippen molar-refractivity contribution in [1.82, 2.24) is 4.90 Å². The van der Waals surface area contributed by atoms with Crippen LogP contribution in [0.2, 0.25) is 5.02 Å². The topological polar surface area (TPSA) is 70.8 Å². The number of rotatable bonds is 4. The van der Waals surface area contributed by atoms with Gasteiger partial charge in [-0.05, 0) is 43.3 Å². The zero-order chi connectivity index (χ0) is 18.1. The summed E-state index contributed by atoms with van der Waals surface area (Å²) in [7, 11) is 0. The van der Waals surface area contributed by atoms with E-state index in [4.69, 9.17) is 33.3 Å². The molecule has 1 N–H and O–H groups in total. The summed E-state index contributed by atoms with van der Waals surface area (Å²) in [5.74, 6) is -0.430. The van der Waals surface area contributed by atoms with Crippen molar-refractivity contribution in [1.29, 1.82) is 0 Å². The van der Waals surface area contributed by atoms with Crippen LogP contribution in [0.3, 0.4) is 0 Å². The van der Waals surface area contributed by atoms with E-state index in [-0.39, 0.29) is 4.32 Å². The molecule has 3 rings (SSSR count). The molecule has 0 aliphatic carbocycles. The summed E-state index contributed by atoms with van der Waals surface area (Å²) in [4.78, 5) is 24.9. The number of amides is 1. The molecule has 1 saturated heterocycles. The summed E-state index contributed by atoms with van der Waals surface area (Å²) in [5.41, 5.74) is 0.857. The lowest BCUT2D eigenvalue weighted by Crippen LogP contribution is -2.41. The number of thiocarbonyl (C=S) groups is 1. The van der Waals surface area contributed by atoms with E-state index in [0.717, 1.165) is 22.2 Å². The second kappa shape index (κ2) is 7.03. The summed E-state index contributed by atoms with van der Waals surface area (Å²) in [6.07, 6.45) is 1.56. The molecule has 1 fully saturated rings. The van der Waals surface area contributed by atoms with Crippen molar-refractivity contribution in [2.24, 2.45) is 0 Å². The van der Waals surface area contributed by atoms with Crippen molar-refractivity contribution in [2.45, 2.75) is 13.0 Å². The number of hydrogen-bond acceptors (Lipinski definition) is 5. The van der Waals surface area contributed by atoms with Crippen molar-refractivity contribution in [3.63, 3.8) is 0 Å². The second-order valence-electron chi connectivity index (χ2n) is 5.27. The third-order valence-electron chi connectivity index (χ3n) is 3.60. The number of thioether (sulfide) groups is 1. The van der Waals surface area contributed by atoms with Crippen LogP contribution in [0.15, 0.2) is 45.7 Å². The van der Waals surface area contributed by atoms with Gasteiger partial charge in [-0.3, -0.25) is 9.69 Å². The van der Waals surface area contributed by atoms with Crippen molar-refractivity contribution in [3.8, 4) is 11.3 Å². The first-order valence-electron chi connectivity index (χ1n) is 7.22. The van der Waals surface area contributed by atoms with Gasteiger partial charge in [0.1, 0.15) is 21.9 Å². The Balaban J connectivity index is 1.84. The number of carboxylic acids is 1. The Hall–Kier alpha value is -2.09. The van der Waals surface area contributed by atoms with Crippen LogP contribution in [0, 0.1) is 0 Å². The third kappa shape index (κ3) is 3.63. The minimum absolute atomic E-state index is 0.218. The number of carboxylic acid groups (broad SMARTS) is 1. The first-order chi connectivity index (χ1) is 11.9. The van der Waals surface area contributed by atoms with E-state index in [9.17, 15) is 9.59 Å². The molecule has 1 aromatic carbocycles. The highest BCUT2D eigenvalue weighted by Crippen LogP contribution is 2.35. The Bertz CT molecular complexity index is 888. The second-order valence-corrected chi connectivity index (χ2v) is 7.39. The summed E-state index contributed by atoms with van der Waals surface area (Å²) in [6.45, 7) is 1.42.